The van der Waals surface area contributed by atoms with E-state index < -0.39 is 0 Å². The van der Waals surface area contributed by atoms with E-state index in [2.05, 4.69) is 15.3 Å². The van der Waals surface area contributed by atoms with Gasteiger partial charge < -0.3 is 5.32 Å². The first-order valence-corrected chi connectivity index (χ1v) is 7.79. The standard InChI is InChI=1S/C14H14ClN3S/c15-12-8-13(16-11-6-7-19-9-11)18-14(17-12)10-4-2-1-3-5-10/h1-5,8,11H,6-7,9H2,(H,16,17,18). The molecule has 1 fully saturated rings. The average molecular weight is 292 g/mol. The van der Waals surface area contributed by atoms with Crippen LogP contribution in [0.5, 0.6) is 0 Å². The fourth-order valence-electron chi connectivity index (χ4n) is 2.07. The molecule has 0 radical (unpaired) electrons. The first kappa shape index (κ1) is 12.8. The van der Waals surface area contributed by atoms with Crippen LogP contribution in [-0.2, 0) is 0 Å². The van der Waals surface area contributed by atoms with Gasteiger partial charge in [0.2, 0.25) is 0 Å². The van der Waals surface area contributed by atoms with E-state index in [9.17, 15) is 0 Å². The number of thioether (sulfide) groups is 1. The zero-order valence-electron chi connectivity index (χ0n) is 10.3. The average Bonchev–Trinajstić information content (AvgIpc) is 2.92. The van der Waals surface area contributed by atoms with Crippen LogP contribution in [0.1, 0.15) is 6.42 Å². The van der Waals surface area contributed by atoms with E-state index in [0.717, 1.165) is 17.1 Å². The zero-order valence-corrected chi connectivity index (χ0v) is 11.9. The number of benzene rings is 1. The minimum Gasteiger partial charge on any atom is -0.366 e. The monoisotopic (exact) mass is 291 g/mol. The number of nitrogens with zero attached hydrogens (tertiary/aromatic N) is 2. The molecule has 0 amide bonds. The maximum atomic E-state index is 6.09. The summed E-state index contributed by atoms with van der Waals surface area (Å²) in [4.78, 5) is 8.84. The molecule has 1 unspecified atom stereocenters. The van der Waals surface area contributed by atoms with Crippen molar-refractivity contribution in [1.29, 1.82) is 0 Å². The molecule has 0 spiro atoms. The Balaban J connectivity index is 1.87. The van der Waals surface area contributed by atoms with Crippen LogP contribution in [0.2, 0.25) is 5.15 Å². The number of aromatic nitrogens is 2. The van der Waals surface area contributed by atoms with Crippen LogP contribution >= 0.6 is 23.4 Å². The molecule has 2 heterocycles. The second-order valence-corrected chi connectivity index (χ2v) is 6.01. The van der Waals surface area contributed by atoms with Crippen molar-refractivity contribution >= 4 is 29.2 Å². The molecule has 0 bridgehead atoms. The Morgan fingerprint density at radius 3 is 2.79 bits per heavy atom. The van der Waals surface area contributed by atoms with Crippen molar-refractivity contribution in [2.24, 2.45) is 0 Å². The Bertz CT molecular complexity index is 556. The van der Waals surface area contributed by atoms with Crippen LogP contribution in [0.15, 0.2) is 36.4 Å². The summed E-state index contributed by atoms with van der Waals surface area (Å²) in [5.41, 5.74) is 0.980. The third kappa shape index (κ3) is 3.19. The molecule has 98 valence electrons. The second-order valence-electron chi connectivity index (χ2n) is 4.47. The molecule has 1 aliphatic rings. The molecule has 3 nitrogen and oxygen atoms in total. The van der Waals surface area contributed by atoms with Crippen molar-refractivity contribution in [2.45, 2.75) is 12.5 Å². The lowest BCUT2D eigenvalue weighted by Crippen LogP contribution is -2.19. The van der Waals surface area contributed by atoms with Gasteiger partial charge in [-0.1, -0.05) is 41.9 Å². The normalized spacial score (nSPS) is 18.5. The summed E-state index contributed by atoms with van der Waals surface area (Å²) < 4.78 is 0. The van der Waals surface area contributed by atoms with Gasteiger partial charge in [0.05, 0.1) is 0 Å². The first-order valence-electron chi connectivity index (χ1n) is 6.25. The van der Waals surface area contributed by atoms with Gasteiger partial charge in [-0.15, -0.1) is 0 Å². The van der Waals surface area contributed by atoms with Gasteiger partial charge in [-0.3, -0.25) is 0 Å². The SMILES string of the molecule is Clc1cc(NC2CCSC2)nc(-c2ccccc2)n1. The van der Waals surface area contributed by atoms with Crippen LogP contribution in [-0.4, -0.2) is 27.5 Å². The molecule has 0 aliphatic carbocycles. The van der Waals surface area contributed by atoms with E-state index in [1.807, 2.05) is 42.1 Å². The number of hydrogen-bond donors (Lipinski definition) is 1. The number of hydrogen-bond acceptors (Lipinski definition) is 4. The van der Waals surface area contributed by atoms with E-state index in [4.69, 9.17) is 11.6 Å². The van der Waals surface area contributed by atoms with E-state index >= 15 is 0 Å². The van der Waals surface area contributed by atoms with Gasteiger partial charge in [0.15, 0.2) is 5.82 Å². The Hall–Kier alpha value is -1.26. The lowest BCUT2D eigenvalue weighted by molar-refractivity contribution is 0.806. The van der Waals surface area contributed by atoms with Crippen LogP contribution in [0.25, 0.3) is 11.4 Å². The lowest BCUT2D eigenvalue weighted by atomic mass is 10.2. The largest absolute Gasteiger partial charge is 0.366 e. The molecule has 1 saturated heterocycles. The smallest absolute Gasteiger partial charge is 0.163 e. The summed E-state index contributed by atoms with van der Waals surface area (Å²) in [5.74, 6) is 3.82. The maximum Gasteiger partial charge on any atom is 0.163 e. The Morgan fingerprint density at radius 2 is 2.05 bits per heavy atom. The first-order chi connectivity index (χ1) is 9.31. The number of halogens is 1. The third-order valence-corrected chi connectivity index (χ3v) is 4.36. The van der Waals surface area contributed by atoms with Crippen LogP contribution in [0, 0.1) is 0 Å². The summed E-state index contributed by atoms with van der Waals surface area (Å²) in [6.07, 6.45) is 1.17. The number of nitrogens with one attached hydrogen (secondary N) is 1. The highest BCUT2D eigenvalue weighted by atomic mass is 35.5. The fraction of sp³-hybridized carbons (Fsp3) is 0.286. The summed E-state index contributed by atoms with van der Waals surface area (Å²) in [5, 5.41) is 3.91. The molecule has 1 aromatic heterocycles. The van der Waals surface area contributed by atoms with Crippen molar-refractivity contribution < 1.29 is 0 Å². The maximum absolute atomic E-state index is 6.09. The highest BCUT2D eigenvalue weighted by Gasteiger charge is 2.16. The number of rotatable bonds is 3. The molecule has 1 aromatic carbocycles. The molecule has 2 aromatic rings. The van der Waals surface area contributed by atoms with E-state index in [1.54, 1.807) is 6.07 Å². The molecule has 19 heavy (non-hydrogen) atoms. The minimum absolute atomic E-state index is 0.474. The van der Waals surface area contributed by atoms with Gasteiger partial charge >= 0.3 is 0 Å². The van der Waals surface area contributed by atoms with Gasteiger partial charge in [-0.2, -0.15) is 11.8 Å². The van der Waals surface area contributed by atoms with Crippen LogP contribution in [0.3, 0.4) is 0 Å². The van der Waals surface area contributed by atoms with E-state index in [-0.39, 0.29) is 0 Å². The zero-order chi connectivity index (χ0) is 13.1. The summed E-state index contributed by atoms with van der Waals surface area (Å²) in [6.45, 7) is 0. The summed E-state index contributed by atoms with van der Waals surface area (Å²) >= 11 is 8.06. The van der Waals surface area contributed by atoms with Crippen molar-refractivity contribution in [3.8, 4) is 11.4 Å². The highest BCUT2D eigenvalue weighted by Crippen LogP contribution is 2.24. The minimum atomic E-state index is 0.474. The van der Waals surface area contributed by atoms with Gasteiger partial charge in [0.25, 0.3) is 0 Å². The molecule has 0 saturated carbocycles. The molecule has 1 aliphatic heterocycles. The van der Waals surface area contributed by atoms with Crippen molar-refractivity contribution in [3.63, 3.8) is 0 Å². The van der Waals surface area contributed by atoms with Crippen LogP contribution in [0.4, 0.5) is 5.82 Å². The Morgan fingerprint density at radius 1 is 1.21 bits per heavy atom. The molecule has 5 heteroatoms. The molecule has 3 rings (SSSR count). The van der Waals surface area contributed by atoms with Gasteiger partial charge in [-0.25, -0.2) is 9.97 Å². The van der Waals surface area contributed by atoms with Gasteiger partial charge in [0, 0.05) is 23.4 Å². The predicted octanol–water partition coefficient (Wildman–Crippen LogP) is 3.71. The summed E-state index contributed by atoms with van der Waals surface area (Å²) in [7, 11) is 0. The topological polar surface area (TPSA) is 37.8 Å². The van der Waals surface area contributed by atoms with Crippen molar-refractivity contribution in [2.75, 3.05) is 16.8 Å². The second kappa shape index (κ2) is 5.80. The quantitative estimate of drug-likeness (QED) is 0.875. The van der Waals surface area contributed by atoms with Crippen LogP contribution < -0.4 is 5.32 Å². The fourth-order valence-corrected chi connectivity index (χ4v) is 3.40. The van der Waals surface area contributed by atoms with Crippen molar-refractivity contribution in [3.05, 3.63) is 41.6 Å². The van der Waals surface area contributed by atoms with Crippen molar-refractivity contribution in [1.82, 2.24) is 9.97 Å². The lowest BCUT2D eigenvalue weighted by Gasteiger charge is -2.13. The molecule has 1 N–H and O–H groups in total. The van der Waals surface area contributed by atoms with E-state index in [0.29, 0.717) is 17.0 Å². The van der Waals surface area contributed by atoms with Gasteiger partial charge in [0.1, 0.15) is 11.0 Å². The highest BCUT2D eigenvalue weighted by molar-refractivity contribution is 7.99. The summed E-state index contributed by atoms with van der Waals surface area (Å²) in [6, 6.07) is 12.2. The third-order valence-electron chi connectivity index (χ3n) is 3.01. The van der Waals surface area contributed by atoms with E-state index in [1.165, 1.54) is 12.2 Å². The molecular weight excluding hydrogens is 278 g/mol. The van der Waals surface area contributed by atoms with Gasteiger partial charge in [-0.05, 0) is 12.2 Å². The molecular formula is C14H14ClN3S. The number of anilines is 1. The Labute approximate surface area is 121 Å². The molecule has 1 atom stereocenters. The Kier molecular flexibility index (Phi) is 3.89. The predicted molar refractivity (Wildman–Crippen MR) is 81.8 cm³/mol.